The molecule has 1 aliphatic heterocycles. The van der Waals surface area contributed by atoms with E-state index >= 15 is 0 Å². The van der Waals surface area contributed by atoms with Crippen LogP contribution in [0.5, 0.6) is 0 Å². The Bertz CT molecular complexity index is 227. The molecule has 3 nitrogen and oxygen atoms in total. The Morgan fingerprint density at radius 1 is 1.60 bits per heavy atom. The third kappa shape index (κ3) is 3.18. The van der Waals surface area contributed by atoms with Crippen LogP contribution >= 0.6 is 15.9 Å². The highest BCUT2D eigenvalue weighted by atomic mass is 79.9. The maximum absolute atomic E-state index is 11.9. The normalized spacial score (nSPS) is 29.9. The molecule has 1 heterocycles. The van der Waals surface area contributed by atoms with Crippen molar-refractivity contribution in [1.29, 1.82) is 0 Å². The Kier molecular flexibility index (Phi) is 4.59. The van der Waals surface area contributed by atoms with Crippen molar-refractivity contribution in [1.82, 2.24) is 5.32 Å². The number of amides is 1. The van der Waals surface area contributed by atoms with E-state index in [1.54, 1.807) is 0 Å². The van der Waals surface area contributed by atoms with Crippen molar-refractivity contribution in [2.45, 2.75) is 45.3 Å². The summed E-state index contributed by atoms with van der Waals surface area (Å²) < 4.78 is 5.49. The third-order valence-corrected chi connectivity index (χ3v) is 4.18. The molecule has 15 heavy (non-hydrogen) atoms. The van der Waals surface area contributed by atoms with Crippen LogP contribution in [0.25, 0.3) is 0 Å². The van der Waals surface area contributed by atoms with Gasteiger partial charge in [-0.1, -0.05) is 22.9 Å². The number of nitrogens with one attached hydrogen (secondary N) is 1. The molecule has 0 bridgehead atoms. The molecule has 1 saturated heterocycles. The molecule has 3 unspecified atom stereocenters. The SMILES string of the molecule is CC(CBr)C(C)NC(=O)C1(C)CCCO1. The Morgan fingerprint density at radius 2 is 2.27 bits per heavy atom. The predicted octanol–water partition coefficient (Wildman–Crippen LogP) is 2.09. The summed E-state index contributed by atoms with van der Waals surface area (Å²) in [7, 11) is 0. The molecule has 0 aromatic carbocycles. The smallest absolute Gasteiger partial charge is 0.252 e. The van der Waals surface area contributed by atoms with Gasteiger partial charge in [-0.05, 0) is 32.6 Å². The second-order valence-corrected chi connectivity index (χ2v) is 5.22. The predicted molar refractivity (Wildman–Crippen MR) is 64.2 cm³/mol. The molecule has 0 radical (unpaired) electrons. The van der Waals surface area contributed by atoms with Gasteiger partial charge in [0, 0.05) is 18.0 Å². The molecule has 0 spiro atoms. The lowest BCUT2D eigenvalue weighted by molar-refractivity contribution is -0.140. The van der Waals surface area contributed by atoms with Crippen LogP contribution in [0.1, 0.15) is 33.6 Å². The quantitative estimate of drug-likeness (QED) is 0.800. The van der Waals surface area contributed by atoms with E-state index in [1.807, 2.05) is 13.8 Å². The number of halogens is 1. The topological polar surface area (TPSA) is 38.3 Å². The molecule has 1 fully saturated rings. The van der Waals surface area contributed by atoms with Crippen molar-refractivity contribution in [3.05, 3.63) is 0 Å². The fourth-order valence-corrected chi connectivity index (χ4v) is 2.15. The van der Waals surface area contributed by atoms with E-state index < -0.39 is 5.60 Å². The molecule has 3 atom stereocenters. The standard InChI is InChI=1S/C11H20BrNO2/c1-8(7-12)9(2)13-10(14)11(3)5-4-6-15-11/h8-9H,4-7H2,1-3H3,(H,13,14). The van der Waals surface area contributed by atoms with Gasteiger partial charge in [0.25, 0.3) is 5.91 Å². The van der Waals surface area contributed by atoms with Gasteiger partial charge in [-0.3, -0.25) is 4.79 Å². The highest BCUT2D eigenvalue weighted by Crippen LogP contribution is 2.25. The van der Waals surface area contributed by atoms with Gasteiger partial charge < -0.3 is 10.1 Å². The second kappa shape index (κ2) is 5.30. The number of alkyl halides is 1. The molecule has 0 aromatic heterocycles. The van der Waals surface area contributed by atoms with E-state index in [9.17, 15) is 4.79 Å². The van der Waals surface area contributed by atoms with E-state index in [1.165, 1.54) is 0 Å². The molecule has 1 N–H and O–H groups in total. The van der Waals surface area contributed by atoms with Gasteiger partial charge >= 0.3 is 0 Å². The van der Waals surface area contributed by atoms with Crippen molar-refractivity contribution in [3.8, 4) is 0 Å². The van der Waals surface area contributed by atoms with Crippen LogP contribution < -0.4 is 5.32 Å². The van der Waals surface area contributed by atoms with Gasteiger partial charge in [0.1, 0.15) is 5.60 Å². The summed E-state index contributed by atoms with van der Waals surface area (Å²) >= 11 is 3.42. The fourth-order valence-electron chi connectivity index (χ4n) is 1.59. The van der Waals surface area contributed by atoms with Crippen molar-refractivity contribution in [2.24, 2.45) is 5.92 Å². The molecule has 0 aliphatic carbocycles. The molecule has 0 aromatic rings. The van der Waals surface area contributed by atoms with Crippen LogP contribution in [0, 0.1) is 5.92 Å². The number of carbonyl (C=O) groups is 1. The number of ether oxygens (including phenoxy) is 1. The van der Waals surface area contributed by atoms with E-state index in [0.717, 1.165) is 18.2 Å². The Balaban J connectivity index is 2.47. The Labute approximate surface area is 100 Å². The highest BCUT2D eigenvalue weighted by Gasteiger charge is 2.38. The van der Waals surface area contributed by atoms with Crippen molar-refractivity contribution >= 4 is 21.8 Å². The van der Waals surface area contributed by atoms with Gasteiger partial charge in [0.2, 0.25) is 0 Å². The zero-order valence-corrected chi connectivity index (χ0v) is 11.3. The lowest BCUT2D eigenvalue weighted by Gasteiger charge is -2.26. The largest absolute Gasteiger partial charge is 0.365 e. The average Bonchev–Trinajstić information content (AvgIpc) is 2.65. The van der Waals surface area contributed by atoms with Crippen molar-refractivity contribution in [2.75, 3.05) is 11.9 Å². The van der Waals surface area contributed by atoms with Crippen LogP contribution in [-0.4, -0.2) is 29.5 Å². The summed E-state index contributed by atoms with van der Waals surface area (Å²) in [5.41, 5.74) is -0.597. The third-order valence-electron chi connectivity index (χ3n) is 3.15. The number of carbonyl (C=O) groups excluding carboxylic acids is 1. The molecule has 4 heteroatoms. The first-order valence-electron chi connectivity index (χ1n) is 5.50. The molecule has 1 aliphatic rings. The minimum absolute atomic E-state index is 0.0281. The van der Waals surface area contributed by atoms with Crippen molar-refractivity contribution in [3.63, 3.8) is 0 Å². The first kappa shape index (κ1) is 13.0. The van der Waals surface area contributed by atoms with Crippen LogP contribution in [0.2, 0.25) is 0 Å². The van der Waals surface area contributed by atoms with Gasteiger partial charge in [-0.25, -0.2) is 0 Å². The maximum Gasteiger partial charge on any atom is 0.252 e. The van der Waals surface area contributed by atoms with Gasteiger partial charge in [0.15, 0.2) is 0 Å². The molecule has 1 amide bonds. The van der Waals surface area contributed by atoms with E-state index in [0.29, 0.717) is 12.5 Å². The molecular formula is C11H20BrNO2. The zero-order chi connectivity index (χ0) is 11.5. The molecule has 0 saturated carbocycles. The molecule has 88 valence electrons. The lowest BCUT2D eigenvalue weighted by atomic mass is 9.99. The first-order valence-corrected chi connectivity index (χ1v) is 6.62. The summed E-state index contributed by atoms with van der Waals surface area (Å²) in [5.74, 6) is 0.458. The minimum atomic E-state index is -0.597. The van der Waals surface area contributed by atoms with Crippen LogP contribution in [-0.2, 0) is 9.53 Å². The van der Waals surface area contributed by atoms with E-state index in [-0.39, 0.29) is 11.9 Å². The summed E-state index contributed by atoms with van der Waals surface area (Å²) in [6.45, 7) is 6.72. The number of rotatable bonds is 4. The Morgan fingerprint density at radius 3 is 2.73 bits per heavy atom. The molecule has 1 rings (SSSR count). The first-order chi connectivity index (χ1) is 6.99. The maximum atomic E-state index is 11.9. The minimum Gasteiger partial charge on any atom is -0.365 e. The zero-order valence-electron chi connectivity index (χ0n) is 9.68. The van der Waals surface area contributed by atoms with Gasteiger partial charge in [-0.2, -0.15) is 0 Å². The van der Waals surface area contributed by atoms with Gasteiger partial charge in [0.05, 0.1) is 0 Å². The van der Waals surface area contributed by atoms with Gasteiger partial charge in [-0.15, -0.1) is 0 Å². The summed E-state index contributed by atoms with van der Waals surface area (Å²) in [6, 6.07) is 0.179. The second-order valence-electron chi connectivity index (χ2n) is 4.58. The summed E-state index contributed by atoms with van der Waals surface area (Å²) in [5, 5.41) is 3.91. The van der Waals surface area contributed by atoms with E-state index in [4.69, 9.17) is 4.74 Å². The molecular weight excluding hydrogens is 258 g/mol. The van der Waals surface area contributed by atoms with E-state index in [2.05, 4.69) is 28.2 Å². The Hall–Kier alpha value is -0.0900. The summed E-state index contributed by atoms with van der Waals surface area (Å²) in [6.07, 6.45) is 1.81. The number of hydrogen-bond donors (Lipinski definition) is 1. The lowest BCUT2D eigenvalue weighted by Crippen LogP contribution is -2.49. The van der Waals surface area contributed by atoms with Crippen LogP contribution in [0.3, 0.4) is 0 Å². The average molecular weight is 278 g/mol. The van der Waals surface area contributed by atoms with Crippen LogP contribution in [0.4, 0.5) is 0 Å². The fraction of sp³-hybridized carbons (Fsp3) is 0.909. The summed E-state index contributed by atoms with van der Waals surface area (Å²) in [4.78, 5) is 11.9. The van der Waals surface area contributed by atoms with Crippen LogP contribution in [0.15, 0.2) is 0 Å². The number of hydrogen-bond acceptors (Lipinski definition) is 2. The van der Waals surface area contributed by atoms with Crippen molar-refractivity contribution < 1.29 is 9.53 Å². The highest BCUT2D eigenvalue weighted by molar-refractivity contribution is 9.09. The monoisotopic (exact) mass is 277 g/mol.